The number of hydrogen-bond acceptors (Lipinski definition) is 2. The molecule has 2 nitrogen and oxygen atoms in total. The second-order valence-corrected chi connectivity index (χ2v) is 3.50. The third-order valence-electron chi connectivity index (χ3n) is 2.58. The maximum absolute atomic E-state index is 13.3. The van der Waals surface area contributed by atoms with Crippen LogP contribution in [0.4, 0.5) is 4.39 Å². The van der Waals surface area contributed by atoms with E-state index < -0.39 is 0 Å². The van der Waals surface area contributed by atoms with E-state index in [4.69, 9.17) is 5.26 Å². The molecule has 1 heterocycles. The van der Waals surface area contributed by atoms with Crippen LogP contribution in [0.1, 0.15) is 11.1 Å². The predicted molar refractivity (Wildman–Crippen MR) is 51.0 cm³/mol. The summed E-state index contributed by atoms with van der Waals surface area (Å²) in [5, 5.41) is 8.56. The van der Waals surface area contributed by atoms with Gasteiger partial charge in [-0.2, -0.15) is 5.26 Å². The molecule has 72 valence electrons. The Balaban J connectivity index is 2.24. The summed E-state index contributed by atoms with van der Waals surface area (Å²) < 4.78 is 13.3. The number of nitriles is 1. The van der Waals surface area contributed by atoms with E-state index in [1.165, 1.54) is 6.07 Å². The summed E-state index contributed by atoms with van der Waals surface area (Å²) in [6.07, 6.45) is 0.712. The average Bonchev–Trinajstić information content (AvgIpc) is 2.18. The molecule has 1 aromatic carbocycles. The summed E-state index contributed by atoms with van der Waals surface area (Å²) in [4.78, 5) is 2.03. The number of rotatable bonds is 1. The normalized spacial score (nSPS) is 16.0. The second kappa shape index (κ2) is 3.77. The lowest BCUT2D eigenvalue weighted by Crippen LogP contribution is -2.31. The smallest absolute Gasteiger partial charge is 0.126 e. The first-order chi connectivity index (χ1) is 6.81. The Morgan fingerprint density at radius 1 is 1.50 bits per heavy atom. The first-order valence-corrected chi connectivity index (χ1v) is 4.67. The van der Waals surface area contributed by atoms with Crippen LogP contribution >= 0.6 is 0 Å². The largest absolute Gasteiger partial charge is 0.286 e. The molecule has 14 heavy (non-hydrogen) atoms. The van der Waals surface area contributed by atoms with Crippen molar-refractivity contribution < 1.29 is 4.39 Å². The number of benzene rings is 1. The van der Waals surface area contributed by atoms with Gasteiger partial charge in [-0.3, -0.25) is 4.90 Å². The van der Waals surface area contributed by atoms with Crippen LogP contribution in [0.2, 0.25) is 0 Å². The Labute approximate surface area is 82.6 Å². The van der Waals surface area contributed by atoms with Gasteiger partial charge in [-0.15, -0.1) is 0 Å². The van der Waals surface area contributed by atoms with Gasteiger partial charge in [0.05, 0.1) is 12.6 Å². The number of nitrogens with zero attached hydrogens (tertiary/aromatic N) is 2. The molecule has 1 aliphatic heterocycles. The Morgan fingerprint density at radius 2 is 2.36 bits per heavy atom. The van der Waals surface area contributed by atoms with Gasteiger partial charge in [0.1, 0.15) is 5.82 Å². The summed E-state index contributed by atoms with van der Waals surface area (Å²) in [5.41, 5.74) is 1.84. The molecular weight excluding hydrogens is 179 g/mol. The second-order valence-electron chi connectivity index (χ2n) is 3.50. The molecule has 0 saturated carbocycles. The molecule has 0 atom stereocenters. The third-order valence-corrected chi connectivity index (χ3v) is 2.58. The molecular formula is C11H11FN2. The van der Waals surface area contributed by atoms with Gasteiger partial charge in [0, 0.05) is 13.1 Å². The quantitative estimate of drug-likeness (QED) is 0.630. The van der Waals surface area contributed by atoms with Crippen LogP contribution in [0.5, 0.6) is 0 Å². The molecule has 0 N–H and O–H groups in total. The van der Waals surface area contributed by atoms with E-state index in [0.29, 0.717) is 19.5 Å². The van der Waals surface area contributed by atoms with Crippen LogP contribution in [0.3, 0.4) is 0 Å². The van der Waals surface area contributed by atoms with Gasteiger partial charge in [0.25, 0.3) is 0 Å². The minimum absolute atomic E-state index is 0.112. The van der Waals surface area contributed by atoms with Gasteiger partial charge in [-0.05, 0) is 23.6 Å². The summed E-state index contributed by atoms with van der Waals surface area (Å²) >= 11 is 0. The fraction of sp³-hybridized carbons (Fsp3) is 0.364. The first kappa shape index (κ1) is 9.17. The third kappa shape index (κ3) is 1.61. The average molecular weight is 190 g/mol. The molecule has 3 heteroatoms. The van der Waals surface area contributed by atoms with Gasteiger partial charge < -0.3 is 0 Å². The highest BCUT2D eigenvalue weighted by atomic mass is 19.1. The van der Waals surface area contributed by atoms with E-state index in [1.807, 2.05) is 11.0 Å². The zero-order chi connectivity index (χ0) is 9.97. The van der Waals surface area contributed by atoms with Crippen LogP contribution in [0.15, 0.2) is 18.2 Å². The van der Waals surface area contributed by atoms with E-state index >= 15 is 0 Å². The molecule has 0 spiro atoms. The first-order valence-electron chi connectivity index (χ1n) is 4.67. The van der Waals surface area contributed by atoms with Crippen LogP contribution in [-0.2, 0) is 13.0 Å². The van der Waals surface area contributed by atoms with Crippen molar-refractivity contribution in [1.82, 2.24) is 4.90 Å². The minimum Gasteiger partial charge on any atom is -0.286 e. The number of fused-ring (bicyclic) bond motifs is 1. The fourth-order valence-corrected chi connectivity index (χ4v) is 1.86. The van der Waals surface area contributed by atoms with E-state index in [-0.39, 0.29) is 5.82 Å². The van der Waals surface area contributed by atoms with Crippen molar-refractivity contribution in [2.24, 2.45) is 0 Å². The van der Waals surface area contributed by atoms with Crippen LogP contribution < -0.4 is 0 Å². The van der Waals surface area contributed by atoms with Gasteiger partial charge in [0.15, 0.2) is 0 Å². The molecule has 1 aliphatic rings. The van der Waals surface area contributed by atoms with Crippen molar-refractivity contribution in [1.29, 1.82) is 5.26 Å². The summed E-state index contributed by atoms with van der Waals surface area (Å²) in [6, 6.07) is 7.27. The summed E-state index contributed by atoms with van der Waals surface area (Å²) in [7, 11) is 0. The lowest BCUT2D eigenvalue weighted by molar-refractivity contribution is 0.282. The SMILES string of the molecule is N#CCN1CCc2c(F)cccc2C1. The molecule has 0 unspecified atom stereocenters. The molecule has 2 rings (SSSR count). The van der Waals surface area contributed by atoms with Crippen molar-refractivity contribution in [3.05, 3.63) is 35.1 Å². The van der Waals surface area contributed by atoms with Crippen molar-refractivity contribution in [3.8, 4) is 6.07 Å². The lowest BCUT2D eigenvalue weighted by atomic mass is 9.99. The highest BCUT2D eigenvalue weighted by Gasteiger charge is 2.17. The predicted octanol–water partition coefficient (Wildman–Crippen LogP) is 1.71. The molecule has 0 bridgehead atoms. The number of halogens is 1. The van der Waals surface area contributed by atoms with Crippen molar-refractivity contribution in [2.75, 3.05) is 13.1 Å². The summed E-state index contributed by atoms with van der Waals surface area (Å²) in [5.74, 6) is -0.112. The van der Waals surface area contributed by atoms with Crippen molar-refractivity contribution >= 4 is 0 Å². The van der Waals surface area contributed by atoms with E-state index in [1.54, 1.807) is 6.07 Å². The highest BCUT2D eigenvalue weighted by Crippen LogP contribution is 2.20. The maximum Gasteiger partial charge on any atom is 0.126 e. The van der Waals surface area contributed by atoms with Gasteiger partial charge >= 0.3 is 0 Å². The Hall–Kier alpha value is -1.40. The molecule has 0 fully saturated rings. The summed E-state index contributed by atoms with van der Waals surface area (Å²) in [6.45, 7) is 1.90. The van der Waals surface area contributed by atoms with E-state index in [2.05, 4.69) is 6.07 Å². The zero-order valence-electron chi connectivity index (χ0n) is 7.83. The molecule has 0 saturated heterocycles. The molecule has 1 aromatic rings. The Morgan fingerprint density at radius 3 is 3.14 bits per heavy atom. The minimum atomic E-state index is -0.112. The van der Waals surface area contributed by atoms with Gasteiger partial charge in [-0.1, -0.05) is 12.1 Å². The van der Waals surface area contributed by atoms with Gasteiger partial charge in [0.2, 0.25) is 0 Å². The van der Waals surface area contributed by atoms with E-state index in [0.717, 1.165) is 17.7 Å². The van der Waals surface area contributed by atoms with Crippen molar-refractivity contribution in [3.63, 3.8) is 0 Å². The molecule has 0 aromatic heterocycles. The standard InChI is InChI=1S/C11H11FN2/c12-11-3-1-2-9-8-14(7-5-13)6-4-10(9)11/h1-3H,4,6-8H2. The van der Waals surface area contributed by atoms with Crippen LogP contribution in [-0.4, -0.2) is 18.0 Å². The topological polar surface area (TPSA) is 27.0 Å². The van der Waals surface area contributed by atoms with Crippen LogP contribution in [0, 0.1) is 17.1 Å². The monoisotopic (exact) mass is 190 g/mol. The Kier molecular flexibility index (Phi) is 2.47. The highest BCUT2D eigenvalue weighted by molar-refractivity contribution is 5.30. The van der Waals surface area contributed by atoms with Crippen LogP contribution in [0.25, 0.3) is 0 Å². The Bertz CT molecular complexity index is 381. The maximum atomic E-state index is 13.3. The van der Waals surface area contributed by atoms with Crippen molar-refractivity contribution in [2.45, 2.75) is 13.0 Å². The fourth-order valence-electron chi connectivity index (χ4n) is 1.86. The van der Waals surface area contributed by atoms with Gasteiger partial charge in [-0.25, -0.2) is 4.39 Å². The molecule has 0 radical (unpaired) electrons. The van der Waals surface area contributed by atoms with E-state index in [9.17, 15) is 4.39 Å². The number of hydrogen-bond donors (Lipinski definition) is 0. The molecule has 0 aliphatic carbocycles. The molecule has 0 amide bonds. The lowest BCUT2D eigenvalue weighted by Gasteiger charge is -2.26. The zero-order valence-corrected chi connectivity index (χ0v) is 7.83.